The molecule has 1 aromatic carbocycles. The van der Waals surface area contributed by atoms with Crippen molar-refractivity contribution in [3.8, 4) is 11.5 Å². The number of benzene rings is 1. The van der Waals surface area contributed by atoms with Crippen LogP contribution in [0, 0.1) is 0 Å². The summed E-state index contributed by atoms with van der Waals surface area (Å²) < 4.78 is 30.4. The zero-order valence-electron chi connectivity index (χ0n) is 22.4. The zero-order chi connectivity index (χ0) is 27.7. The average Bonchev–Trinajstić information content (AvgIpc) is 3.45. The van der Waals surface area contributed by atoms with Gasteiger partial charge in [-0.2, -0.15) is 8.78 Å². The molecule has 0 spiro atoms. The van der Waals surface area contributed by atoms with Crippen molar-refractivity contribution in [3.63, 3.8) is 0 Å². The zero-order valence-corrected chi connectivity index (χ0v) is 22.4. The Morgan fingerprint density at radius 1 is 1.05 bits per heavy atom. The fourth-order valence-electron chi connectivity index (χ4n) is 5.12. The molecule has 2 aliphatic rings. The molecule has 0 radical (unpaired) electrons. The van der Waals surface area contributed by atoms with Gasteiger partial charge >= 0.3 is 6.43 Å². The summed E-state index contributed by atoms with van der Waals surface area (Å²) in [5.41, 5.74) is 2.18. The van der Waals surface area contributed by atoms with E-state index in [1.807, 2.05) is 32.0 Å². The lowest BCUT2D eigenvalue weighted by Crippen LogP contribution is -2.51. The smallest absolute Gasteiger partial charge is 0.314 e. The highest BCUT2D eigenvalue weighted by molar-refractivity contribution is 6.13. The normalized spacial score (nSPS) is 17.7. The van der Waals surface area contributed by atoms with Gasteiger partial charge in [0.25, 0.3) is 11.8 Å². The second-order valence-electron chi connectivity index (χ2n) is 10.5. The van der Waals surface area contributed by atoms with E-state index in [2.05, 4.69) is 31.9 Å². The number of hydrogen-bond donors (Lipinski definition) is 0. The number of fused-ring (bicyclic) bond motifs is 1. The van der Waals surface area contributed by atoms with Crippen LogP contribution in [-0.2, 0) is 16.8 Å². The van der Waals surface area contributed by atoms with Gasteiger partial charge in [0, 0.05) is 43.6 Å². The molecule has 0 atom stereocenters. The highest BCUT2D eigenvalue weighted by atomic mass is 19.3. The molecule has 2 amide bonds. The molecule has 3 aromatic rings. The number of aromatic nitrogens is 3. The quantitative estimate of drug-likeness (QED) is 0.388. The Morgan fingerprint density at radius 3 is 2.46 bits per heavy atom. The molecular formula is C28H32F2N6O3. The molecule has 4 heterocycles. The molecule has 2 aromatic heterocycles. The molecule has 1 fully saturated rings. The van der Waals surface area contributed by atoms with Crippen LogP contribution in [0.3, 0.4) is 0 Å². The van der Waals surface area contributed by atoms with Crippen LogP contribution in [0.1, 0.15) is 67.5 Å². The van der Waals surface area contributed by atoms with Crippen molar-refractivity contribution in [3.05, 3.63) is 59.2 Å². The molecule has 9 nitrogen and oxygen atoms in total. The third-order valence-corrected chi connectivity index (χ3v) is 7.52. The predicted octanol–water partition coefficient (Wildman–Crippen LogP) is 4.45. The van der Waals surface area contributed by atoms with Gasteiger partial charge in [-0.15, -0.1) is 10.2 Å². The van der Waals surface area contributed by atoms with E-state index in [0.29, 0.717) is 16.8 Å². The first-order valence-corrected chi connectivity index (χ1v) is 13.2. The first kappa shape index (κ1) is 26.9. The minimum atomic E-state index is -2.86. The summed E-state index contributed by atoms with van der Waals surface area (Å²) in [5, 5.41) is 6.93. The number of unbranched alkanes of at least 4 members (excludes halogenated alkanes) is 1. The van der Waals surface area contributed by atoms with E-state index in [-0.39, 0.29) is 24.2 Å². The molecule has 0 aliphatic carbocycles. The lowest BCUT2D eigenvalue weighted by atomic mass is 9.77. The number of imide groups is 1. The first-order chi connectivity index (χ1) is 18.7. The molecule has 0 unspecified atom stereocenters. The van der Waals surface area contributed by atoms with E-state index < -0.39 is 17.7 Å². The molecule has 206 valence electrons. The number of pyridine rings is 1. The summed E-state index contributed by atoms with van der Waals surface area (Å²) >= 11 is 0. The highest BCUT2D eigenvalue weighted by Gasteiger charge is 2.44. The molecule has 39 heavy (non-hydrogen) atoms. The van der Waals surface area contributed by atoms with Crippen LogP contribution in [-0.4, -0.2) is 69.5 Å². The standard InChI is InChI=1S/C28H32F2N6O3/c1-4-5-10-34-11-13-35(14-12-34)20-8-9-21-22(15-20)28(2,3)27(38)36(26(21)37)17-19-7-6-18(16-31-19)24-32-33-25(39-24)23(29)30/h6-9,15-16,23H,4-5,10-14,17H2,1-3H3. The van der Waals surface area contributed by atoms with Crippen molar-refractivity contribution < 1.29 is 22.8 Å². The Labute approximate surface area is 225 Å². The largest absolute Gasteiger partial charge is 0.415 e. The molecule has 11 heteroatoms. The van der Waals surface area contributed by atoms with Crippen LogP contribution in [0.4, 0.5) is 14.5 Å². The molecule has 0 saturated carbocycles. The maximum Gasteiger partial charge on any atom is 0.314 e. The Bertz CT molecular complexity index is 1350. The van der Waals surface area contributed by atoms with Gasteiger partial charge < -0.3 is 9.32 Å². The SMILES string of the molecule is CCCCN1CCN(c2ccc3c(c2)C(C)(C)C(=O)N(Cc2ccc(-c4nnc(C(F)F)o4)cn2)C3=O)CC1. The van der Waals surface area contributed by atoms with Crippen LogP contribution < -0.4 is 4.90 Å². The van der Waals surface area contributed by atoms with E-state index in [4.69, 9.17) is 4.42 Å². The average molecular weight is 539 g/mol. The molecule has 0 N–H and O–H groups in total. The number of amides is 2. The summed E-state index contributed by atoms with van der Waals surface area (Å²) in [5.74, 6) is -1.51. The van der Waals surface area contributed by atoms with Gasteiger partial charge in [0.15, 0.2) is 0 Å². The highest BCUT2D eigenvalue weighted by Crippen LogP contribution is 2.37. The van der Waals surface area contributed by atoms with Crippen LogP contribution in [0.5, 0.6) is 0 Å². The number of halogens is 2. The van der Waals surface area contributed by atoms with Crippen molar-refractivity contribution in [2.24, 2.45) is 0 Å². The van der Waals surface area contributed by atoms with Crippen LogP contribution in [0.2, 0.25) is 0 Å². The molecule has 5 rings (SSSR count). The minimum Gasteiger partial charge on any atom is -0.415 e. The topological polar surface area (TPSA) is 95.7 Å². The van der Waals surface area contributed by atoms with Gasteiger partial charge in [0.2, 0.25) is 11.8 Å². The summed E-state index contributed by atoms with van der Waals surface area (Å²) in [6.07, 6.45) is 0.918. The molecule has 0 bridgehead atoms. The van der Waals surface area contributed by atoms with E-state index >= 15 is 0 Å². The molecule has 2 aliphatic heterocycles. The number of carbonyl (C=O) groups excluding carboxylic acids is 2. The Hall–Kier alpha value is -3.73. The van der Waals surface area contributed by atoms with E-state index in [9.17, 15) is 18.4 Å². The molecular weight excluding hydrogens is 506 g/mol. The Kier molecular flexibility index (Phi) is 7.44. The number of alkyl halides is 2. The Morgan fingerprint density at radius 2 is 1.82 bits per heavy atom. The molecule has 1 saturated heterocycles. The third kappa shape index (κ3) is 5.27. The fraction of sp³-hybridized carbons (Fsp3) is 0.464. The fourth-order valence-corrected chi connectivity index (χ4v) is 5.12. The summed E-state index contributed by atoms with van der Waals surface area (Å²) in [4.78, 5) is 37.3. The first-order valence-electron chi connectivity index (χ1n) is 13.2. The van der Waals surface area contributed by atoms with Gasteiger partial charge in [0.05, 0.1) is 23.2 Å². The van der Waals surface area contributed by atoms with Crippen LogP contribution >= 0.6 is 0 Å². The van der Waals surface area contributed by atoms with Crippen LogP contribution in [0.15, 0.2) is 40.9 Å². The monoisotopic (exact) mass is 538 g/mol. The van der Waals surface area contributed by atoms with Gasteiger partial charge in [-0.3, -0.25) is 24.4 Å². The van der Waals surface area contributed by atoms with Crippen molar-refractivity contribution in [2.75, 3.05) is 37.6 Å². The van der Waals surface area contributed by atoms with E-state index in [1.54, 1.807) is 12.1 Å². The predicted molar refractivity (Wildman–Crippen MR) is 140 cm³/mol. The lowest BCUT2D eigenvalue weighted by Gasteiger charge is -2.39. The summed E-state index contributed by atoms with van der Waals surface area (Å²) in [6.45, 7) is 10.8. The van der Waals surface area contributed by atoms with E-state index in [1.165, 1.54) is 23.9 Å². The second kappa shape index (κ2) is 10.8. The summed E-state index contributed by atoms with van der Waals surface area (Å²) in [6, 6.07) is 8.97. The third-order valence-electron chi connectivity index (χ3n) is 7.52. The number of piperazine rings is 1. The van der Waals surface area contributed by atoms with Gasteiger partial charge in [-0.25, -0.2) is 0 Å². The van der Waals surface area contributed by atoms with Crippen molar-refractivity contribution in [1.29, 1.82) is 0 Å². The number of carbonyl (C=O) groups is 2. The number of hydrogen-bond acceptors (Lipinski definition) is 8. The van der Waals surface area contributed by atoms with Crippen LogP contribution in [0.25, 0.3) is 11.5 Å². The van der Waals surface area contributed by atoms with E-state index in [0.717, 1.165) is 44.0 Å². The summed E-state index contributed by atoms with van der Waals surface area (Å²) in [7, 11) is 0. The van der Waals surface area contributed by atoms with Crippen molar-refractivity contribution in [1.82, 2.24) is 25.0 Å². The maximum atomic E-state index is 13.6. The second-order valence-corrected chi connectivity index (χ2v) is 10.5. The van der Waals surface area contributed by atoms with Crippen molar-refractivity contribution >= 4 is 17.5 Å². The number of nitrogens with zero attached hydrogens (tertiary/aromatic N) is 6. The van der Waals surface area contributed by atoms with Gasteiger partial charge in [-0.05, 0) is 62.7 Å². The lowest BCUT2D eigenvalue weighted by molar-refractivity contribution is -0.134. The minimum absolute atomic E-state index is 0.0194. The Balaban J connectivity index is 1.32. The number of rotatable bonds is 8. The number of anilines is 1. The van der Waals surface area contributed by atoms with Gasteiger partial charge in [-0.1, -0.05) is 13.3 Å². The van der Waals surface area contributed by atoms with Gasteiger partial charge in [0.1, 0.15) is 0 Å². The maximum absolute atomic E-state index is 13.6. The van der Waals surface area contributed by atoms with Crippen molar-refractivity contribution in [2.45, 2.75) is 52.0 Å².